The van der Waals surface area contributed by atoms with E-state index in [4.69, 9.17) is 4.42 Å². The molecule has 7 heteroatoms. The maximum Gasteiger partial charge on any atom is 0.295 e. The summed E-state index contributed by atoms with van der Waals surface area (Å²) in [4.78, 5) is 18.3. The number of halogens is 2. The van der Waals surface area contributed by atoms with E-state index >= 15 is 0 Å². The molecule has 0 fully saturated rings. The Kier molecular flexibility index (Phi) is 4.63. The molecule has 4 nitrogen and oxygen atoms in total. The fraction of sp³-hybridized carbons (Fsp3) is 0.200. The molecule has 114 valence electrons. The van der Waals surface area contributed by atoms with Gasteiger partial charge in [0.05, 0.1) is 6.54 Å². The summed E-state index contributed by atoms with van der Waals surface area (Å²) in [7, 11) is 0. The van der Waals surface area contributed by atoms with Crippen molar-refractivity contribution in [2.45, 2.75) is 5.75 Å². The Hall–Kier alpha value is -1.60. The van der Waals surface area contributed by atoms with E-state index in [0.717, 1.165) is 0 Å². The van der Waals surface area contributed by atoms with Gasteiger partial charge in [0.2, 0.25) is 0 Å². The van der Waals surface area contributed by atoms with E-state index in [1.807, 2.05) is 0 Å². The molecule has 0 atom stereocenters. The van der Waals surface area contributed by atoms with Crippen molar-refractivity contribution in [3.8, 4) is 0 Å². The SMILES string of the molecule is O=C(c1ccc(Br)o1)N1CCN=C1SCc1ccccc1F. The molecule has 1 aromatic heterocycles. The second kappa shape index (κ2) is 6.66. The number of aliphatic imine (C=N–C) groups is 1. The van der Waals surface area contributed by atoms with Gasteiger partial charge in [0.25, 0.3) is 5.91 Å². The zero-order chi connectivity index (χ0) is 15.5. The Morgan fingerprint density at radius 1 is 1.36 bits per heavy atom. The third-order valence-electron chi connectivity index (χ3n) is 3.15. The number of benzene rings is 1. The van der Waals surface area contributed by atoms with Crippen LogP contribution < -0.4 is 0 Å². The Labute approximate surface area is 139 Å². The van der Waals surface area contributed by atoms with Crippen LogP contribution in [0.1, 0.15) is 16.1 Å². The second-order valence-corrected chi connectivity index (χ2v) is 6.33. The number of amidine groups is 1. The number of furan rings is 1. The summed E-state index contributed by atoms with van der Waals surface area (Å²) in [6.45, 7) is 1.06. The van der Waals surface area contributed by atoms with Crippen LogP contribution in [0.4, 0.5) is 4.39 Å². The zero-order valence-corrected chi connectivity index (χ0v) is 13.9. The molecule has 3 rings (SSSR count). The predicted molar refractivity (Wildman–Crippen MR) is 87.4 cm³/mol. The average Bonchev–Trinajstić information content (AvgIpc) is 3.14. The van der Waals surface area contributed by atoms with Crippen LogP contribution in [-0.4, -0.2) is 29.1 Å². The first kappa shape index (κ1) is 15.3. The summed E-state index contributed by atoms with van der Waals surface area (Å²) in [5.41, 5.74) is 0.593. The van der Waals surface area contributed by atoms with E-state index < -0.39 is 0 Å². The number of thioether (sulfide) groups is 1. The third kappa shape index (κ3) is 3.25. The zero-order valence-electron chi connectivity index (χ0n) is 11.5. The van der Waals surface area contributed by atoms with Crippen LogP contribution in [0, 0.1) is 5.82 Å². The number of nitrogens with zero attached hydrogens (tertiary/aromatic N) is 2. The molecular formula is C15H12BrFN2O2S. The Balaban J connectivity index is 1.68. The average molecular weight is 383 g/mol. The standard InChI is InChI=1S/C15H12BrFN2O2S/c16-13-6-5-12(21-13)14(20)19-8-7-18-15(19)22-9-10-3-1-2-4-11(10)17/h1-6H,7-9H2. The van der Waals surface area contributed by atoms with E-state index in [9.17, 15) is 9.18 Å². The lowest BCUT2D eigenvalue weighted by Gasteiger charge is -2.16. The van der Waals surface area contributed by atoms with Crippen molar-refractivity contribution < 1.29 is 13.6 Å². The van der Waals surface area contributed by atoms with Crippen LogP contribution in [0.15, 0.2) is 50.5 Å². The molecule has 1 aliphatic heterocycles. The van der Waals surface area contributed by atoms with Crippen LogP contribution in [0.2, 0.25) is 0 Å². The first-order valence-electron chi connectivity index (χ1n) is 6.63. The van der Waals surface area contributed by atoms with Gasteiger partial charge in [-0.05, 0) is 39.7 Å². The highest BCUT2D eigenvalue weighted by Crippen LogP contribution is 2.23. The Morgan fingerprint density at radius 2 is 2.18 bits per heavy atom. The van der Waals surface area contributed by atoms with E-state index in [0.29, 0.717) is 34.2 Å². The largest absolute Gasteiger partial charge is 0.444 e. The lowest BCUT2D eigenvalue weighted by Crippen LogP contribution is -2.32. The Morgan fingerprint density at radius 3 is 2.91 bits per heavy atom. The van der Waals surface area contributed by atoms with Crippen molar-refractivity contribution in [1.82, 2.24) is 4.90 Å². The normalized spacial score (nSPS) is 14.3. The van der Waals surface area contributed by atoms with Crippen molar-refractivity contribution >= 4 is 38.8 Å². The van der Waals surface area contributed by atoms with Gasteiger partial charge in [-0.3, -0.25) is 14.7 Å². The summed E-state index contributed by atoms with van der Waals surface area (Å²) in [5, 5.41) is 0.598. The fourth-order valence-corrected chi connectivity index (χ4v) is 3.40. The first-order chi connectivity index (χ1) is 10.6. The summed E-state index contributed by atoms with van der Waals surface area (Å²) >= 11 is 4.53. The highest BCUT2D eigenvalue weighted by atomic mass is 79.9. The predicted octanol–water partition coefficient (Wildman–Crippen LogP) is 3.93. The van der Waals surface area contributed by atoms with Gasteiger partial charge >= 0.3 is 0 Å². The molecule has 0 aliphatic carbocycles. The lowest BCUT2D eigenvalue weighted by atomic mass is 10.2. The summed E-state index contributed by atoms with van der Waals surface area (Å²) < 4.78 is 19.4. The lowest BCUT2D eigenvalue weighted by molar-refractivity contribution is 0.0829. The molecular weight excluding hydrogens is 371 g/mol. The Bertz CT molecular complexity index is 732. The molecule has 0 saturated carbocycles. The van der Waals surface area contributed by atoms with Gasteiger partial charge in [-0.25, -0.2) is 4.39 Å². The summed E-state index contributed by atoms with van der Waals surface area (Å²) in [6, 6.07) is 9.89. The number of rotatable bonds is 3. The van der Waals surface area contributed by atoms with Crippen molar-refractivity contribution in [3.63, 3.8) is 0 Å². The van der Waals surface area contributed by atoms with Gasteiger partial charge in [-0.15, -0.1) is 0 Å². The molecule has 1 aromatic carbocycles. The minimum atomic E-state index is -0.249. The van der Waals surface area contributed by atoms with Gasteiger partial charge in [0, 0.05) is 12.3 Å². The van der Waals surface area contributed by atoms with E-state index in [-0.39, 0.29) is 17.5 Å². The third-order valence-corrected chi connectivity index (χ3v) is 4.63. The smallest absolute Gasteiger partial charge is 0.295 e. The quantitative estimate of drug-likeness (QED) is 0.807. The van der Waals surface area contributed by atoms with Crippen molar-refractivity contribution in [1.29, 1.82) is 0 Å². The monoisotopic (exact) mass is 382 g/mol. The van der Waals surface area contributed by atoms with Crippen LogP contribution in [-0.2, 0) is 5.75 Å². The van der Waals surface area contributed by atoms with Gasteiger partial charge in [-0.2, -0.15) is 0 Å². The molecule has 0 saturated heterocycles. The first-order valence-corrected chi connectivity index (χ1v) is 8.41. The minimum Gasteiger partial charge on any atom is -0.444 e. The van der Waals surface area contributed by atoms with Crippen molar-refractivity contribution in [2.75, 3.05) is 13.1 Å². The van der Waals surface area contributed by atoms with Gasteiger partial charge in [0.1, 0.15) is 5.82 Å². The number of hydrogen-bond donors (Lipinski definition) is 0. The summed E-state index contributed by atoms with van der Waals surface area (Å²) in [6.07, 6.45) is 0. The highest BCUT2D eigenvalue weighted by molar-refractivity contribution is 9.10. The molecule has 0 unspecified atom stereocenters. The van der Waals surface area contributed by atoms with Crippen LogP contribution >= 0.6 is 27.7 Å². The number of hydrogen-bond acceptors (Lipinski definition) is 4. The van der Waals surface area contributed by atoms with Gasteiger partial charge in [0.15, 0.2) is 15.6 Å². The topological polar surface area (TPSA) is 45.8 Å². The molecule has 0 spiro atoms. The van der Waals surface area contributed by atoms with Crippen LogP contribution in [0.25, 0.3) is 0 Å². The minimum absolute atomic E-state index is 0.233. The van der Waals surface area contributed by atoms with Crippen molar-refractivity contribution in [3.05, 3.63) is 58.2 Å². The van der Waals surface area contributed by atoms with E-state index in [1.54, 1.807) is 35.2 Å². The number of carbonyl (C=O) groups is 1. The molecule has 0 radical (unpaired) electrons. The van der Waals surface area contributed by atoms with Crippen molar-refractivity contribution in [2.24, 2.45) is 4.99 Å². The fourth-order valence-electron chi connectivity index (χ4n) is 2.06. The van der Waals surface area contributed by atoms with Gasteiger partial charge in [-0.1, -0.05) is 30.0 Å². The number of amides is 1. The highest BCUT2D eigenvalue weighted by Gasteiger charge is 2.27. The number of carbonyl (C=O) groups excluding carboxylic acids is 1. The second-order valence-electron chi connectivity index (χ2n) is 4.60. The molecule has 2 aromatic rings. The van der Waals surface area contributed by atoms with E-state index in [2.05, 4.69) is 20.9 Å². The molecule has 0 N–H and O–H groups in total. The molecule has 1 amide bonds. The maximum atomic E-state index is 13.6. The molecule has 2 heterocycles. The van der Waals surface area contributed by atoms with Gasteiger partial charge < -0.3 is 4.42 Å². The summed E-state index contributed by atoms with van der Waals surface area (Å²) in [5.74, 6) is 0.203. The van der Waals surface area contributed by atoms with Crippen LogP contribution in [0.3, 0.4) is 0 Å². The van der Waals surface area contributed by atoms with Crippen LogP contribution in [0.5, 0.6) is 0 Å². The van der Waals surface area contributed by atoms with E-state index in [1.165, 1.54) is 17.8 Å². The maximum absolute atomic E-state index is 13.6. The molecule has 0 bridgehead atoms. The molecule has 22 heavy (non-hydrogen) atoms. The molecule has 1 aliphatic rings.